The molecular formula is C16H18N4O4. The second kappa shape index (κ2) is 8.59. The van der Waals surface area contributed by atoms with Crippen molar-refractivity contribution >= 4 is 23.4 Å². The highest BCUT2D eigenvalue weighted by molar-refractivity contribution is 5.92. The number of anilines is 2. The van der Waals surface area contributed by atoms with Crippen LogP contribution in [0.4, 0.5) is 11.5 Å². The number of hydrogen-bond donors (Lipinski definition) is 2. The maximum Gasteiger partial charge on any atom is 0.337 e. The molecule has 2 N–H and O–H groups in total. The normalized spacial score (nSPS) is 10.1. The molecule has 126 valence electrons. The Labute approximate surface area is 139 Å². The Hall–Kier alpha value is -3.00. The van der Waals surface area contributed by atoms with Crippen LogP contribution in [0.25, 0.3) is 0 Å². The standard InChI is InChI=1S/C16H18N4O4/c1-23-10-9-17-15(21)13-7-8-14(20-19-13)18-12-5-3-11(4-6-12)16(22)24-2/h3-8H,9-10H2,1-2H3,(H,17,21)(H,18,20). The number of aromatic nitrogens is 2. The maximum atomic E-state index is 11.8. The lowest BCUT2D eigenvalue weighted by atomic mass is 10.2. The molecule has 0 bridgehead atoms. The highest BCUT2D eigenvalue weighted by Gasteiger charge is 2.08. The van der Waals surface area contributed by atoms with Crippen LogP contribution >= 0.6 is 0 Å². The van der Waals surface area contributed by atoms with Crippen LogP contribution in [0.1, 0.15) is 20.8 Å². The van der Waals surface area contributed by atoms with E-state index in [9.17, 15) is 9.59 Å². The molecule has 1 aromatic heterocycles. The van der Waals surface area contributed by atoms with Gasteiger partial charge < -0.3 is 20.1 Å². The molecule has 8 heteroatoms. The summed E-state index contributed by atoms with van der Waals surface area (Å²) >= 11 is 0. The second-order valence-corrected chi connectivity index (χ2v) is 4.75. The Morgan fingerprint density at radius 2 is 1.79 bits per heavy atom. The molecule has 1 amide bonds. The van der Waals surface area contributed by atoms with Gasteiger partial charge in [0.25, 0.3) is 5.91 Å². The number of carbonyl (C=O) groups is 2. The zero-order valence-electron chi connectivity index (χ0n) is 13.4. The molecule has 0 saturated carbocycles. The van der Waals surface area contributed by atoms with Crippen LogP contribution in [-0.4, -0.2) is 49.4 Å². The highest BCUT2D eigenvalue weighted by atomic mass is 16.5. The average Bonchev–Trinajstić information content (AvgIpc) is 2.62. The number of nitrogens with zero attached hydrogens (tertiary/aromatic N) is 2. The summed E-state index contributed by atoms with van der Waals surface area (Å²) in [5.41, 5.74) is 1.41. The van der Waals surface area contributed by atoms with Gasteiger partial charge in [-0.05, 0) is 36.4 Å². The van der Waals surface area contributed by atoms with Gasteiger partial charge in [0, 0.05) is 19.3 Å². The van der Waals surface area contributed by atoms with Crippen LogP contribution in [0.2, 0.25) is 0 Å². The maximum absolute atomic E-state index is 11.8. The molecule has 0 atom stereocenters. The van der Waals surface area contributed by atoms with E-state index in [1.165, 1.54) is 7.11 Å². The largest absolute Gasteiger partial charge is 0.465 e. The summed E-state index contributed by atoms with van der Waals surface area (Å²) in [6, 6.07) is 9.93. The molecule has 24 heavy (non-hydrogen) atoms. The molecule has 0 saturated heterocycles. The van der Waals surface area contributed by atoms with Gasteiger partial charge in [-0.3, -0.25) is 4.79 Å². The van der Waals surface area contributed by atoms with Crippen molar-refractivity contribution in [1.29, 1.82) is 0 Å². The number of amides is 1. The third-order valence-corrected chi connectivity index (χ3v) is 3.07. The van der Waals surface area contributed by atoms with Crippen LogP contribution in [0.5, 0.6) is 0 Å². The summed E-state index contributed by atoms with van der Waals surface area (Å²) in [5, 5.41) is 13.5. The molecule has 2 rings (SSSR count). The minimum Gasteiger partial charge on any atom is -0.465 e. The van der Waals surface area contributed by atoms with E-state index in [-0.39, 0.29) is 11.6 Å². The van der Waals surface area contributed by atoms with Crippen molar-refractivity contribution in [2.75, 3.05) is 32.7 Å². The predicted octanol–water partition coefficient (Wildman–Crippen LogP) is 1.38. The summed E-state index contributed by atoms with van der Waals surface area (Å²) in [6.07, 6.45) is 0. The smallest absolute Gasteiger partial charge is 0.337 e. The van der Waals surface area contributed by atoms with E-state index in [1.54, 1.807) is 43.5 Å². The van der Waals surface area contributed by atoms with Gasteiger partial charge in [-0.15, -0.1) is 10.2 Å². The third kappa shape index (κ3) is 4.75. The SMILES string of the molecule is COCCNC(=O)c1ccc(Nc2ccc(C(=O)OC)cc2)nn1. The Kier molecular flexibility index (Phi) is 6.21. The number of benzene rings is 1. The first-order chi connectivity index (χ1) is 11.6. The first-order valence-electron chi connectivity index (χ1n) is 7.20. The molecule has 0 aliphatic heterocycles. The fourth-order valence-electron chi connectivity index (χ4n) is 1.83. The zero-order valence-corrected chi connectivity index (χ0v) is 13.4. The minimum atomic E-state index is -0.398. The lowest BCUT2D eigenvalue weighted by molar-refractivity contribution is 0.0600. The molecule has 2 aromatic rings. The molecule has 8 nitrogen and oxygen atoms in total. The number of methoxy groups -OCH3 is 2. The summed E-state index contributed by atoms with van der Waals surface area (Å²) in [7, 11) is 2.89. The van der Waals surface area contributed by atoms with E-state index in [1.807, 2.05) is 0 Å². The number of nitrogens with one attached hydrogen (secondary N) is 2. The lowest BCUT2D eigenvalue weighted by Crippen LogP contribution is -2.27. The number of hydrogen-bond acceptors (Lipinski definition) is 7. The molecule has 0 radical (unpaired) electrons. The Morgan fingerprint density at radius 1 is 1.04 bits per heavy atom. The minimum absolute atomic E-state index is 0.220. The third-order valence-electron chi connectivity index (χ3n) is 3.07. The van der Waals surface area contributed by atoms with E-state index >= 15 is 0 Å². The van der Waals surface area contributed by atoms with Gasteiger partial charge in [0.1, 0.15) is 0 Å². The molecular weight excluding hydrogens is 312 g/mol. The van der Waals surface area contributed by atoms with Crippen LogP contribution in [0.3, 0.4) is 0 Å². The van der Waals surface area contributed by atoms with Gasteiger partial charge in [-0.1, -0.05) is 0 Å². The van der Waals surface area contributed by atoms with Gasteiger partial charge in [-0.2, -0.15) is 0 Å². The molecule has 0 aliphatic carbocycles. The van der Waals surface area contributed by atoms with Crippen LogP contribution < -0.4 is 10.6 Å². The van der Waals surface area contributed by atoms with E-state index in [2.05, 4.69) is 25.6 Å². The molecule has 1 aromatic carbocycles. The zero-order chi connectivity index (χ0) is 17.4. The quantitative estimate of drug-likeness (QED) is 0.584. The van der Waals surface area contributed by atoms with Gasteiger partial charge in [0.05, 0.1) is 19.3 Å². The van der Waals surface area contributed by atoms with Gasteiger partial charge in [-0.25, -0.2) is 4.79 Å². The Balaban J connectivity index is 1.96. The number of ether oxygens (including phenoxy) is 2. The van der Waals surface area contributed by atoms with Crippen molar-refractivity contribution < 1.29 is 19.1 Å². The Morgan fingerprint density at radius 3 is 2.38 bits per heavy atom. The topological polar surface area (TPSA) is 102 Å². The van der Waals surface area contributed by atoms with E-state index in [4.69, 9.17) is 4.74 Å². The number of rotatable bonds is 7. The number of carbonyl (C=O) groups excluding carboxylic acids is 2. The van der Waals surface area contributed by atoms with E-state index in [0.29, 0.717) is 24.5 Å². The monoisotopic (exact) mass is 330 g/mol. The lowest BCUT2D eigenvalue weighted by Gasteiger charge is -2.07. The first-order valence-corrected chi connectivity index (χ1v) is 7.20. The van der Waals surface area contributed by atoms with Crippen molar-refractivity contribution in [3.63, 3.8) is 0 Å². The second-order valence-electron chi connectivity index (χ2n) is 4.75. The van der Waals surface area contributed by atoms with Crippen molar-refractivity contribution in [3.05, 3.63) is 47.7 Å². The van der Waals surface area contributed by atoms with Crippen LogP contribution in [0.15, 0.2) is 36.4 Å². The molecule has 0 spiro atoms. The van der Waals surface area contributed by atoms with Gasteiger partial charge >= 0.3 is 5.97 Å². The van der Waals surface area contributed by atoms with E-state index in [0.717, 1.165) is 5.69 Å². The molecule has 0 aliphatic rings. The van der Waals surface area contributed by atoms with Crippen molar-refractivity contribution in [3.8, 4) is 0 Å². The molecule has 0 fully saturated rings. The van der Waals surface area contributed by atoms with Gasteiger partial charge in [0.2, 0.25) is 0 Å². The summed E-state index contributed by atoms with van der Waals surface area (Å²) in [4.78, 5) is 23.2. The Bertz CT molecular complexity index is 686. The van der Waals surface area contributed by atoms with Gasteiger partial charge in [0.15, 0.2) is 11.5 Å². The van der Waals surface area contributed by atoms with Crippen LogP contribution in [0, 0.1) is 0 Å². The van der Waals surface area contributed by atoms with Crippen molar-refractivity contribution in [1.82, 2.24) is 15.5 Å². The first kappa shape index (κ1) is 17.4. The summed E-state index contributed by atoms with van der Waals surface area (Å²) < 4.78 is 9.49. The summed E-state index contributed by atoms with van der Waals surface area (Å²) in [5.74, 6) is -0.229. The fourth-order valence-corrected chi connectivity index (χ4v) is 1.83. The molecule has 1 heterocycles. The van der Waals surface area contributed by atoms with Crippen molar-refractivity contribution in [2.45, 2.75) is 0 Å². The fraction of sp³-hybridized carbons (Fsp3) is 0.250. The number of esters is 1. The molecule has 0 unspecified atom stereocenters. The van der Waals surface area contributed by atoms with Crippen LogP contribution in [-0.2, 0) is 9.47 Å². The highest BCUT2D eigenvalue weighted by Crippen LogP contribution is 2.15. The van der Waals surface area contributed by atoms with E-state index < -0.39 is 5.97 Å². The summed E-state index contributed by atoms with van der Waals surface area (Å²) in [6.45, 7) is 0.837. The predicted molar refractivity (Wildman–Crippen MR) is 87.3 cm³/mol. The van der Waals surface area contributed by atoms with Crippen molar-refractivity contribution in [2.24, 2.45) is 0 Å². The average molecular weight is 330 g/mol.